The van der Waals surface area contributed by atoms with E-state index in [1.807, 2.05) is 24.4 Å². The summed E-state index contributed by atoms with van der Waals surface area (Å²) in [6.07, 6.45) is 7.12. The van der Waals surface area contributed by atoms with Crippen LogP contribution < -0.4 is 5.32 Å². The highest BCUT2D eigenvalue weighted by Crippen LogP contribution is 2.32. The Bertz CT molecular complexity index is 953. The van der Waals surface area contributed by atoms with Gasteiger partial charge in [-0.1, -0.05) is 18.2 Å². The third-order valence-electron chi connectivity index (χ3n) is 4.99. The molecule has 1 fully saturated rings. The summed E-state index contributed by atoms with van der Waals surface area (Å²) >= 11 is 0. The number of hydrogen-bond donors (Lipinski definition) is 2. The fourth-order valence-corrected chi connectivity index (χ4v) is 3.65. The van der Waals surface area contributed by atoms with E-state index in [0.717, 1.165) is 18.4 Å². The Labute approximate surface area is 156 Å². The van der Waals surface area contributed by atoms with Crippen LogP contribution in [0.15, 0.2) is 48.9 Å². The molecule has 2 aromatic heterocycles. The van der Waals surface area contributed by atoms with Crippen molar-refractivity contribution in [2.24, 2.45) is 0 Å². The van der Waals surface area contributed by atoms with Gasteiger partial charge in [-0.15, -0.1) is 0 Å². The Kier molecular flexibility index (Phi) is 4.82. The molecule has 4 rings (SSSR count). The van der Waals surface area contributed by atoms with Crippen LogP contribution >= 0.6 is 0 Å². The molecular formula is C20H21N5O2. The Hall–Kier alpha value is -3.22. The number of carbonyl (C=O) groups is 2. The van der Waals surface area contributed by atoms with E-state index in [4.69, 9.17) is 0 Å². The number of para-hydroxylation sites is 1. The molecule has 1 unspecified atom stereocenters. The van der Waals surface area contributed by atoms with E-state index >= 15 is 0 Å². The number of rotatable bonds is 3. The minimum atomic E-state index is -0.609. The summed E-state index contributed by atoms with van der Waals surface area (Å²) in [5, 5.41) is 3.80. The number of fused-ring (bicyclic) bond motifs is 1. The average Bonchev–Trinajstić information content (AvgIpc) is 3.16. The van der Waals surface area contributed by atoms with Crippen LogP contribution in [0, 0.1) is 0 Å². The zero-order chi connectivity index (χ0) is 18.6. The smallest absolute Gasteiger partial charge is 0.311 e. The Balaban J connectivity index is 1.41. The highest BCUT2D eigenvalue weighted by Gasteiger charge is 2.29. The van der Waals surface area contributed by atoms with Crippen molar-refractivity contribution in [3.05, 3.63) is 60.3 Å². The second-order valence-corrected chi connectivity index (χ2v) is 6.73. The number of aromatic nitrogens is 3. The zero-order valence-electron chi connectivity index (χ0n) is 14.9. The number of piperidine rings is 1. The van der Waals surface area contributed by atoms with Gasteiger partial charge in [0, 0.05) is 48.5 Å². The molecule has 2 N–H and O–H groups in total. The number of benzene rings is 1. The lowest BCUT2D eigenvalue weighted by atomic mass is 9.90. The van der Waals surface area contributed by atoms with Crippen molar-refractivity contribution in [2.75, 3.05) is 13.1 Å². The molecule has 3 aromatic rings. The van der Waals surface area contributed by atoms with Gasteiger partial charge in [0.2, 0.25) is 0 Å². The van der Waals surface area contributed by atoms with E-state index in [9.17, 15) is 9.59 Å². The van der Waals surface area contributed by atoms with Crippen LogP contribution in [0.5, 0.6) is 0 Å². The van der Waals surface area contributed by atoms with Crippen LogP contribution in [0.3, 0.4) is 0 Å². The molecule has 3 heterocycles. The lowest BCUT2D eigenvalue weighted by molar-refractivity contribution is -0.146. The zero-order valence-corrected chi connectivity index (χ0v) is 14.9. The number of carbonyl (C=O) groups excluding carboxylic acids is 2. The first-order valence-corrected chi connectivity index (χ1v) is 9.11. The third-order valence-corrected chi connectivity index (χ3v) is 4.99. The summed E-state index contributed by atoms with van der Waals surface area (Å²) in [6.45, 7) is 1.30. The maximum atomic E-state index is 12.6. The molecule has 0 saturated carbocycles. The van der Waals surface area contributed by atoms with Gasteiger partial charge >= 0.3 is 11.8 Å². The number of amides is 2. The molecule has 1 atom stereocenters. The molecule has 1 saturated heterocycles. The molecule has 138 valence electrons. The lowest BCUT2D eigenvalue weighted by Crippen LogP contribution is -2.46. The summed E-state index contributed by atoms with van der Waals surface area (Å²) in [7, 11) is 0. The normalized spacial score (nSPS) is 17.0. The number of nitrogens with zero attached hydrogens (tertiary/aromatic N) is 3. The van der Waals surface area contributed by atoms with Gasteiger partial charge in [0.05, 0.1) is 6.54 Å². The van der Waals surface area contributed by atoms with Gasteiger partial charge in [0.1, 0.15) is 5.82 Å². The molecular weight excluding hydrogens is 342 g/mol. The topological polar surface area (TPSA) is 91.0 Å². The molecule has 1 aromatic carbocycles. The SMILES string of the molecule is O=C(NCc1ncccn1)C(=O)N1CCCC(c2c[nH]c3ccccc23)C1. The number of H-pyrrole nitrogens is 1. The van der Waals surface area contributed by atoms with Crippen molar-refractivity contribution in [1.82, 2.24) is 25.2 Å². The van der Waals surface area contributed by atoms with E-state index in [-0.39, 0.29) is 12.5 Å². The van der Waals surface area contributed by atoms with E-state index in [0.29, 0.717) is 18.9 Å². The lowest BCUT2D eigenvalue weighted by Gasteiger charge is -2.32. The molecule has 0 aliphatic carbocycles. The largest absolute Gasteiger partial charge is 0.361 e. The molecule has 27 heavy (non-hydrogen) atoms. The third kappa shape index (κ3) is 3.67. The Morgan fingerprint density at radius 3 is 2.85 bits per heavy atom. The monoisotopic (exact) mass is 363 g/mol. The van der Waals surface area contributed by atoms with Gasteiger partial charge < -0.3 is 15.2 Å². The summed E-state index contributed by atoms with van der Waals surface area (Å²) in [5.74, 6) is -0.393. The standard InChI is InChI=1S/C20H21N5O2/c26-19(24-12-18-21-8-4-9-22-18)20(27)25-10-3-5-14(13-25)16-11-23-17-7-2-1-6-15(16)17/h1-2,4,6-9,11,14,23H,3,5,10,12-13H2,(H,24,26). The predicted molar refractivity (Wildman–Crippen MR) is 101 cm³/mol. The maximum absolute atomic E-state index is 12.6. The van der Waals surface area contributed by atoms with E-state index in [1.54, 1.807) is 23.4 Å². The summed E-state index contributed by atoms with van der Waals surface area (Å²) in [5.41, 5.74) is 2.30. The minimum absolute atomic E-state index is 0.144. The van der Waals surface area contributed by atoms with Crippen LogP contribution in [0.2, 0.25) is 0 Å². The van der Waals surface area contributed by atoms with E-state index in [1.165, 1.54) is 10.9 Å². The number of likely N-dealkylation sites (tertiary alicyclic amines) is 1. The van der Waals surface area contributed by atoms with Crippen LogP contribution in [0.4, 0.5) is 0 Å². The van der Waals surface area contributed by atoms with Crippen molar-refractivity contribution in [2.45, 2.75) is 25.3 Å². The van der Waals surface area contributed by atoms with E-state index in [2.05, 4.69) is 26.3 Å². The summed E-state index contributed by atoms with van der Waals surface area (Å²) in [4.78, 5) is 37.9. The molecule has 1 aliphatic rings. The van der Waals surface area contributed by atoms with Gasteiger partial charge in [-0.2, -0.15) is 0 Å². The van der Waals surface area contributed by atoms with Crippen molar-refractivity contribution in [3.8, 4) is 0 Å². The maximum Gasteiger partial charge on any atom is 0.311 e. The quantitative estimate of drug-likeness (QED) is 0.696. The van der Waals surface area contributed by atoms with Gasteiger partial charge in [0.25, 0.3) is 0 Å². The molecule has 0 spiro atoms. The fourth-order valence-electron chi connectivity index (χ4n) is 3.65. The van der Waals surface area contributed by atoms with E-state index < -0.39 is 11.8 Å². The summed E-state index contributed by atoms with van der Waals surface area (Å²) < 4.78 is 0. The van der Waals surface area contributed by atoms with Crippen LogP contribution in [0.1, 0.15) is 30.1 Å². The first-order valence-electron chi connectivity index (χ1n) is 9.11. The highest BCUT2D eigenvalue weighted by molar-refractivity contribution is 6.35. The van der Waals surface area contributed by atoms with Crippen molar-refractivity contribution in [3.63, 3.8) is 0 Å². The van der Waals surface area contributed by atoms with Crippen LogP contribution in [0.25, 0.3) is 10.9 Å². The van der Waals surface area contributed by atoms with Gasteiger partial charge in [-0.3, -0.25) is 9.59 Å². The van der Waals surface area contributed by atoms with Crippen LogP contribution in [-0.4, -0.2) is 44.8 Å². The molecule has 2 amide bonds. The fraction of sp³-hybridized carbons (Fsp3) is 0.300. The Morgan fingerprint density at radius 1 is 1.19 bits per heavy atom. The van der Waals surface area contributed by atoms with Crippen LogP contribution in [-0.2, 0) is 16.1 Å². The number of aromatic amines is 1. The molecule has 0 bridgehead atoms. The van der Waals surface area contributed by atoms with Gasteiger partial charge in [0.15, 0.2) is 0 Å². The molecule has 1 aliphatic heterocycles. The average molecular weight is 363 g/mol. The first kappa shape index (κ1) is 17.2. The molecule has 0 radical (unpaired) electrons. The van der Waals surface area contributed by atoms with Gasteiger partial charge in [-0.25, -0.2) is 9.97 Å². The van der Waals surface area contributed by atoms with Crippen molar-refractivity contribution < 1.29 is 9.59 Å². The second kappa shape index (κ2) is 7.57. The minimum Gasteiger partial charge on any atom is -0.361 e. The predicted octanol–water partition coefficient (Wildman–Crippen LogP) is 1.98. The Morgan fingerprint density at radius 2 is 2.00 bits per heavy atom. The number of nitrogens with one attached hydrogen (secondary N) is 2. The van der Waals surface area contributed by atoms with Crippen molar-refractivity contribution >= 4 is 22.7 Å². The molecule has 7 heteroatoms. The second-order valence-electron chi connectivity index (χ2n) is 6.73. The van der Waals surface area contributed by atoms with Gasteiger partial charge in [-0.05, 0) is 30.5 Å². The van der Waals surface area contributed by atoms with Crippen molar-refractivity contribution in [1.29, 1.82) is 0 Å². The first-order chi connectivity index (χ1) is 13.2. The molecule has 7 nitrogen and oxygen atoms in total. The summed E-state index contributed by atoms with van der Waals surface area (Å²) in [6, 6.07) is 9.86. The number of hydrogen-bond acceptors (Lipinski definition) is 4. The highest BCUT2D eigenvalue weighted by atomic mass is 16.2.